The lowest BCUT2D eigenvalue weighted by atomic mass is 9.97. The lowest BCUT2D eigenvalue weighted by Crippen LogP contribution is -2.11. The zero-order chi connectivity index (χ0) is 24.0. The van der Waals surface area contributed by atoms with Gasteiger partial charge in [0.15, 0.2) is 11.5 Å². The van der Waals surface area contributed by atoms with Crippen LogP contribution in [0.1, 0.15) is 22.6 Å². The molecular weight excluding hydrogens is 424 g/mol. The summed E-state index contributed by atoms with van der Waals surface area (Å²) < 4.78 is 16.2. The number of carbonyl (C=O) groups excluding carboxylic acids is 1. The molecule has 0 aliphatic carbocycles. The quantitative estimate of drug-likeness (QED) is 0.500. The van der Waals surface area contributed by atoms with Crippen LogP contribution in [0.25, 0.3) is 11.1 Å². The fourth-order valence-corrected chi connectivity index (χ4v) is 3.68. The van der Waals surface area contributed by atoms with Gasteiger partial charge in [0.1, 0.15) is 11.6 Å². The van der Waals surface area contributed by atoms with Crippen LogP contribution in [0.5, 0.6) is 17.2 Å². The number of ether oxygens (including phenoxy) is 3. The predicted octanol–water partition coefficient (Wildman–Crippen LogP) is 3.46. The van der Waals surface area contributed by atoms with Gasteiger partial charge in [0, 0.05) is 30.2 Å². The molecule has 8 heteroatoms. The van der Waals surface area contributed by atoms with Crippen LogP contribution in [0, 0.1) is 6.92 Å². The molecule has 2 aromatic carbocycles. The Morgan fingerprint density at radius 2 is 1.70 bits per heavy atom. The third-order valence-electron chi connectivity index (χ3n) is 5.12. The van der Waals surface area contributed by atoms with Crippen LogP contribution in [0.4, 0.5) is 0 Å². The molecule has 33 heavy (non-hydrogen) atoms. The van der Waals surface area contributed by atoms with Gasteiger partial charge in [-0.05, 0) is 24.1 Å². The largest absolute Gasteiger partial charge is 0.493 e. The molecule has 0 radical (unpaired) electrons. The molecule has 1 N–H and O–H groups in total. The summed E-state index contributed by atoms with van der Waals surface area (Å²) in [6.45, 7) is 1.76. The summed E-state index contributed by atoms with van der Waals surface area (Å²) in [6, 6.07) is 10.7. The van der Waals surface area contributed by atoms with Crippen molar-refractivity contribution in [2.75, 3.05) is 21.3 Å². The van der Waals surface area contributed by atoms with E-state index in [1.54, 1.807) is 43.5 Å². The van der Waals surface area contributed by atoms with Crippen LogP contribution in [-0.4, -0.2) is 48.2 Å². The van der Waals surface area contributed by atoms with E-state index in [1.807, 2.05) is 6.07 Å². The van der Waals surface area contributed by atoms with Crippen molar-refractivity contribution in [2.45, 2.75) is 26.2 Å². The van der Waals surface area contributed by atoms with Gasteiger partial charge in [-0.15, -0.1) is 0 Å². The maximum atomic E-state index is 13.0. The maximum absolute atomic E-state index is 13.0. The number of nitrogens with zero attached hydrogens (tertiary/aromatic N) is 2. The molecule has 3 rings (SSSR count). The molecule has 0 saturated carbocycles. The Balaban J connectivity index is 1.90. The fourth-order valence-electron chi connectivity index (χ4n) is 3.68. The summed E-state index contributed by atoms with van der Waals surface area (Å²) in [7, 11) is 4.56. The molecule has 0 fully saturated rings. The number of carboxylic acid groups (broad SMARTS) is 1. The van der Waals surface area contributed by atoms with Gasteiger partial charge in [0.25, 0.3) is 0 Å². The number of Topliss-reactive ketones (excluding diaryl/α,β-unsaturated/α-hetero) is 1. The number of benzene rings is 2. The zero-order valence-electron chi connectivity index (χ0n) is 19.0. The van der Waals surface area contributed by atoms with Crippen molar-refractivity contribution >= 4 is 11.8 Å². The summed E-state index contributed by atoms with van der Waals surface area (Å²) in [6.07, 6.45) is 1.78. The Labute approximate surface area is 192 Å². The van der Waals surface area contributed by atoms with Crippen LogP contribution in [0.15, 0.2) is 42.6 Å². The Hall–Kier alpha value is -3.94. The average molecular weight is 450 g/mol. The number of hydrogen-bond donors (Lipinski definition) is 1. The first-order valence-corrected chi connectivity index (χ1v) is 10.3. The first-order chi connectivity index (χ1) is 15.9. The second-order valence-electron chi connectivity index (χ2n) is 7.43. The van der Waals surface area contributed by atoms with Crippen LogP contribution in [0.3, 0.4) is 0 Å². The van der Waals surface area contributed by atoms with Gasteiger partial charge >= 0.3 is 5.97 Å². The molecular formula is C25H26N2O6. The van der Waals surface area contributed by atoms with Crippen molar-refractivity contribution in [3.8, 4) is 28.4 Å². The molecule has 0 saturated heterocycles. The highest BCUT2D eigenvalue weighted by Crippen LogP contribution is 2.40. The molecule has 1 aromatic heterocycles. The first kappa shape index (κ1) is 23.7. The van der Waals surface area contributed by atoms with E-state index in [-0.39, 0.29) is 25.0 Å². The highest BCUT2D eigenvalue weighted by atomic mass is 16.5. The van der Waals surface area contributed by atoms with E-state index in [0.29, 0.717) is 45.5 Å². The number of methoxy groups -OCH3 is 3. The van der Waals surface area contributed by atoms with E-state index in [1.165, 1.54) is 21.3 Å². The Morgan fingerprint density at radius 1 is 0.939 bits per heavy atom. The van der Waals surface area contributed by atoms with Gasteiger partial charge in [-0.3, -0.25) is 9.59 Å². The molecule has 0 atom stereocenters. The van der Waals surface area contributed by atoms with Crippen LogP contribution >= 0.6 is 0 Å². The molecule has 0 amide bonds. The van der Waals surface area contributed by atoms with Crippen LogP contribution in [0.2, 0.25) is 0 Å². The number of ketones is 1. The van der Waals surface area contributed by atoms with Gasteiger partial charge in [-0.25, -0.2) is 9.97 Å². The van der Waals surface area contributed by atoms with E-state index < -0.39 is 5.97 Å². The minimum absolute atomic E-state index is 0.0680. The summed E-state index contributed by atoms with van der Waals surface area (Å²) >= 11 is 0. The van der Waals surface area contributed by atoms with Gasteiger partial charge in [0.2, 0.25) is 5.75 Å². The third kappa shape index (κ3) is 5.65. The van der Waals surface area contributed by atoms with Gasteiger partial charge in [-0.2, -0.15) is 0 Å². The van der Waals surface area contributed by atoms with Crippen LogP contribution < -0.4 is 14.2 Å². The number of carbonyl (C=O) groups is 2. The van der Waals surface area contributed by atoms with Gasteiger partial charge in [0.05, 0.1) is 33.4 Å². The van der Waals surface area contributed by atoms with E-state index in [2.05, 4.69) is 9.97 Å². The van der Waals surface area contributed by atoms with E-state index >= 15 is 0 Å². The van der Waals surface area contributed by atoms with E-state index in [4.69, 9.17) is 19.3 Å². The smallest absolute Gasteiger partial charge is 0.307 e. The molecule has 1 heterocycles. The number of aryl methyl sites for hydroxylation is 1. The summed E-state index contributed by atoms with van der Waals surface area (Å²) in [5.41, 5.74) is 3.38. The van der Waals surface area contributed by atoms with Gasteiger partial charge in [-0.1, -0.05) is 30.3 Å². The molecule has 172 valence electrons. The van der Waals surface area contributed by atoms with Crippen molar-refractivity contribution in [1.29, 1.82) is 0 Å². The van der Waals surface area contributed by atoms with E-state index in [0.717, 1.165) is 5.56 Å². The second kappa shape index (κ2) is 10.6. The number of hydrogen-bond acceptors (Lipinski definition) is 7. The lowest BCUT2D eigenvalue weighted by molar-refractivity contribution is -0.136. The average Bonchev–Trinajstić information content (AvgIpc) is 2.78. The van der Waals surface area contributed by atoms with Crippen molar-refractivity contribution in [3.63, 3.8) is 0 Å². The summed E-state index contributed by atoms with van der Waals surface area (Å²) in [5.74, 6) is 0.963. The SMILES string of the molecule is COc1ccc(CC(=O)Cc2nc(C)ncc2-c2cccc(CC(=O)O)c2)c(OC)c1OC. The number of carboxylic acids is 1. The van der Waals surface area contributed by atoms with Crippen molar-refractivity contribution in [2.24, 2.45) is 0 Å². The topological polar surface area (TPSA) is 108 Å². The number of aromatic nitrogens is 2. The fraction of sp³-hybridized carbons (Fsp3) is 0.280. The second-order valence-corrected chi connectivity index (χ2v) is 7.43. The van der Waals surface area contributed by atoms with Crippen molar-refractivity contribution in [3.05, 3.63) is 65.2 Å². The Bertz CT molecular complexity index is 1180. The summed E-state index contributed by atoms with van der Waals surface area (Å²) in [5, 5.41) is 9.10. The highest BCUT2D eigenvalue weighted by molar-refractivity contribution is 5.86. The monoisotopic (exact) mass is 450 g/mol. The standard InChI is InChI=1S/C25H26N2O6/c1-15-26-14-20(17-7-5-6-16(10-17)11-23(29)30)21(27-15)13-19(28)12-18-8-9-22(31-2)25(33-4)24(18)32-3/h5-10,14H,11-13H2,1-4H3,(H,29,30). The maximum Gasteiger partial charge on any atom is 0.307 e. The predicted molar refractivity (Wildman–Crippen MR) is 122 cm³/mol. The zero-order valence-corrected chi connectivity index (χ0v) is 19.0. The molecule has 0 aliphatic rings. The van der Waals surface area contributed by atoms with Crippen molar-refractivity contribution in [1.82, 2.24) is 9.97 Å². The molecule has 8 nitrogen and oxygen atoms in total. The van der Waals surface area contributed by atoms with Crippen molar-refractivity contribution < 1.29 is 28.9 Å². The normalized spacial score (nSPS) is 10.5. The molecule has 0 spiro atoms. The highest BCUT2D eigenvalue weighted by Gasteiger charge is 2.19. The van der Waals surface area contributed by atoms with Crippen LogP contribution in [-0.2, 0) is 28.9 Å². The Kier molecular flexibility index (Phi) is 7.61. The lowest BCUT2D eigenvalue weighted by Gasteiger charge is -2.15. The number of rotatable bonds is 10. The molecule has 0 aliphatic heterocycles. The number of aliphatic carboxylic acids is 1. The minimum atomic E-state index is -0.911. The molecule has 3 aromatic rings. The third-order valence-corrected chi connectivity index (χ3v) is 5.12. The minimum Gasteiger partial charge on any atom is -0.493 e. The van der Waals surface area contributed by atoms with E-state index in [9.17, 15) is 9.59 Å². The Morgan fingerprint density at radius 3 is 2.36 bits per heavy atom. The van der Waals surface area contributed by atoms with Gasteiger partial charge < -0.3 is 19.3 Å². The first-order valence-electron chi connectivity index (χ1n) is 10.3. The molecule has 0 unspecified atom stereocenters. The summed E-state index contributed by atoms with van der Waals surface area (Å²) in [4.78, 5) is 32.9. The molecule has 0 bridgehead atoms.